The van der Waals surface area contributed by atoms with Gasteiger partial charge in [0.25, 0.3) is 0 Å². The van der Waals surface area contributed by atoms with Crippen LogP contribution in [0.25, 0.3) is 27.7 Å². The molecule has 1 heteroatoms. The van der Waals surface area contributed by atoms with E-state index in [9.17, 15) is 0 Å². The molecule has 0 radical (unpaired) electrons. The van der Waals surface area contributed by atoms with Gasteiger partial charge in [-0.05, 0) is 66.4 Å². The molecule has 0 amide bonds. The van der Waals surface area contributed by atoms with Crippen LogP contribution >= 0.6 is 0 Å². The van der Waals surface area contributed by atoms with E-state index in [4.69, 9.17) is 0 Å². The number of hydrogen-bond acceptors (Lipinski definition) is 0. The Labute approximate surface area is 136 Å². The van der Waals surface area contributed by atoms with Crippen LogP contribution in [0.15, 0.2) is 79.0 Å². The molecule has 4 aromatic rings. The van der Waals surface area contributed by atoms with Crippen LogP contribution in [0.2, 0.25) is 0 Å². The van der Waals surface area contributed by atoms with Gasteiger partial charge in [0, 0.05) is 17.3 Å². The summed E-state index contributed by atoms with van der Waals surface area (Å²) in [4.78, 5) is 0. The van der Waals surface area contributed by atoms with Gasteiger partial charge in [-0.25, -0.2) is 0 Å². The number of rotatable bonds is 2. The zero-order valence-corrected chi connectivity index (χ0v) is 13.5. The average Bonchev–Trinajstić information content (AvgIpc) is 2.98. The van der Waals surface area contributed by atoms with Gasteiger partial charge in [0.05, 0.1) is 5.52 Å². The molecule has 23 heavy (non-hydrogen) atoms. The van der Waals surface area contributed by atoms with Crippen molar-refractivity contribution in [1.82, 2.24) is 4.57 Å². The summed E-state index contributed by atoms with van der Waals surface area (Å²) in [6.45, 7) is 4.37. The summed E-state index contributed by atoms with van der Waals surface area (Å²) in [5.41, 5.74) is 7.70. The van der Waals surface area contributed by atoms with E-state index >= 15 is 0 Å². The predicted molar refractivity (Wildman–Crippen MR) is 98.2 cm³/mol. The first-order valence-corrected chi connectivity index (χ1v) is 7.97. The number of para-hydroxylation sites is 1. The lowest BCUT2D eigenvalue weighted by atomic mass is 9.95. The van der Waals surface area contributed by atoms with Gasteiger partial charge in [0.15, 0.2) is 0 Å². The van der Waals surface area contributed by atoms with Gasteiger partial charge in [-0.3, -0.25) is 0 Å². The second-order valence-electron chi connectivity index (χ2n) is 6.06. The molecule has 4 rings (SSSR count). The Morgan fingerprint density at radius 2 is 1.39 bits per heavy atom. The second-order valence-corrected chi connectivity index (χ2v) is 6.06. The highest BCUT2D eigenvalue weighted by Gasteiger charge is 2.10. The maximum Gasteiger partial charge on any atom is 0.0534 e. The van der Waals surface area contributed by atoms with E-state index in [2.05, 4.69) is 97.4 Å². The molecule has 112 valence electrons. The summed E-state index contributed by atoms with van der Waals surface area (Å²) in [5, 5.41) is 1.28. The summed E-state index contributed by atoms with van der Waals surface area (Å²) in [6.07, 6.45) is 2.15. The molecule has 1 nitrogen and oxygen atoms in total. The van der Waals surface area contributed by atoms with Gasteiger partial charge >= 0.3 is 0 Å². The maximum atomic E-state index is 2.32. The summed E-state index contributed by atoms with van der Waals surface area (Å²) in [5.74, 6) is 0. The fourth-order valence-corrected chi connectivity index (χ4v) is 3.28. The van der Waals surface area contributed by atoms with Gasteiger partial charge < -0.3 is 4.57 Å². The lowest BCUT2D eigenvalue weighted by molar-refractivity contribution is 1.13. The minimum Gasteiger partial charge on any atom is -0.317 e. The first-order valence-electron chi connectivity index (χ1n) is 7.97. The number of benzene rings is 3. The third-order valence-corrected chi connectivity index (χ3v) is 4.51. The predicted octanol–water partition coefficient (Wildman–Crippen LogP) is 5.91. The van der Waals surface area contributed by atoms with Gasteiger partial charge in [-0.1, -0.05) is 42.5 Å². The molecule has 0 aliphatic heterocycles. The molecule has 0 fully saturated rings. The Morgan fingerprint density at radius 1 is 0.652 bits per heavy atom. The topological polar surface area (TPSA) is 4.93 Å². The van der Waals surface area contributed by atoms with E-state index in [0.717, 1.165) is 0 Å². The average molecular weight is 297 g/mol. The van der Waals surface area contributed by atoms with Crippen LogP contribution in [-0.2, 0) is 0 Å². The van der Waals surface area contributed by atoms with E-state index < -0.39 is 0 Å². The molecule has 0 unspecified atom stereocenters. The summed E-state index contributed by atoms with van der Waals surface area (Å²) in [6, 6.07) is 25.9. The third-order valence-electron chi connectivity index (χ3n) is 4.51. The zero-order chi connectivity index (χ0) is 15.8. The normalized spacial score (nSPS) is 11.0. The minimum absolute atomic E-state index is 1.20. The van der Waals surface area contributed by atoms with E-state index in [0.29, 0.717) is 0 Å². The van der Waals surface area contributed by atoms with Crippen molar-refractivity contribution >= 4 is 10.9 Å². The lowest BCUT2D eigenvalue weighted by Gasteiger charge is -2.12. The van der Waals surface area contributed by atoms with Crippen molar-refractivity contribution in [3.05, 3.63) is 90.1 Å². The highest BCUT2D eigenvalue weighted by atomic mass is 15.0. The van der Waals surface area contributed by atoms with Crippen LogP contribution in [-0.4, -0.2) is 4.57 Å². The van der Waals surface area contributed by atoms with E-state index in [-0.39, 0.29) is 0 Å². The highest BCUT2D eigenvalue weighted by molar-refractivity contribution is 5.89. The molecule has 1 aromatic heterocycles. The molecule has 0 aliphatic carbocycles. The number of fused-ring (bicyclic) bond motifs is 1. The fourth-order valence-electron chi connectivity index (χ4n) is 3.28. The smallest absolute Gasteiger partial charge is 0.0534 e. The molecule has 0 saturated heterocycles. The zero-order valence-electron chi connectivity index (χ0n) is 13.5. The van der Waals surface area contributed by atoms with Gasteiger partial charge in [-0.2, -0.15) is 0 Å². The van der Waals surface area contributed by atoms with E-state index in [1.165, 1.54) is 38.8 Å². The van der Waals surface area contributed by atoms with Gasteiger partial charge in [0.1, 0.15) is 0 Å². The van der Waals surface area contributed by atoms with Crippen molar-refractivity contribution in [2.75, 3.05) is 0 Å². The van der Waals surface area contributed by atoms with Crippen LogP contribution < -0.4 is 0 Å². The van der Waals surface area contributed by atoms with Crippen molar-refractivity contribution in [3.63, 3.8) is 0 Å². The van der Waals surface area contributed by atoms with Crippen LogP contribution in [0.5, 0.6) is 0 Å². The Balaban J connectivity index is 1.98. The van der Waals surface area contributed by atoms with Gasteiger partial charge in [-0.15, -0.1) is 0 Å². The Hall–Kier alpha value is -2.80. The van der Waals surface area contributed by atoms with E-state index in [1.54, 1.807) is 0 Å². The number of nitrogens with zero attached hydrogens (tertiary/aromatic N) is 1. The van der Waals surface area contributed by atoms with Gasteiger partial charge in [0.2, 0.25) is 0 Å². The van der Waals surface area contributed by atoms with Crippen molar-refractivity contribution in [3.8, 4) is 16.8 Å². The second kappa shape index (κ2) is 5.44. The standard InChI is InChI=1S/C22H19N/c1-16-8-6-7-11-20(16)21-15-22-18(14-17(21)2)12-13-23(22)19-9-4-3-5-10-19/h3-15H,1-2H3. The van der Waals surface area contributed by atoms with Crippen molar-refractivity contribution in [2.45, 2.75) is 13.8 Å². The maximum absolute atomic E-state index is 2.32. The first kappa shape index (κ1) is 13.8. The quantitative estimate of drug-likeness (QED) is 0.433. The van der Waals surface area contributed by atoms with Crippen LogP contribution in [0.4, 0.5) is 0 Å². The SMILES string of the molecule is Cc1ccccc1-c1cc2c(ccn2-c2ccccc2)cc1C. The monoisotopic (exact) mass is 297 g/mol. The van der Waals surface area contributed by atoms with Crippen molar-refractivity contribution in [2.24, 2.45) is 0 Å². The Kier molecular flexibility index (Phi) is 3.27. The lowest BCUT2D eigenvalue weighted by Crippen LogP contribution is -1.93. The molecule has 0 atom stereocenters. The fraction of sp³-hybridized carbons (Fsp3) is 0.0909. The number of aromatic nitrogens is 1. The molecular weight excluding hydrogens is 278 g/mol. The Bertz CT molecular complexity index is 977. The highest BCUT2D eigenvalue weighted by Crippen LogP contribution is 2.32. The third kappa shape index (κ3) is 2.35. The molecule has 0 aliphatic rings. The molecule has 0 saturated carbocycles. The Morgan fingerprint density at radius 3 is 2.17 bits per heavy atom. The van der Waals surface area contributed by atoms with Crippen LogP contribution in [0.1, 0.15) is 11.1 Å². The van der Waals surface area contributed by atoms with Crippen LogP contribution in [0, 0.1) is 13.8 Å². The van der Waals surface area contributed by atoms with Crippen molar-refractivity contribution in [1.29, 1.82) is 0 Å². The summed E-state index contributed by atoms with van der Waals surface area (Å²) in [7, 11) is 0. The molecular formula is C22H19N. The van der Waals surface area contributed by atoms with E-state index in [1.807, 2.05) is 0 Å². The largest absolute Gasteiger partial charge is 0.317 e. The summed E-state index contributed by atoms with van der Waals surface area (Å²) < 4.78 is 2.26. The first-order chi connectivity index (χ1) is 11.2. The molecule has 0 spiro atoms. The number of hydrogen-bond donors (Lipinski definition) is 0. The summed E-state index contributed by atoms with van der Waals surface area (Å²) >= 11 is 0. The van der Waals surface area contributed by atoms with Crippen molar-refractivity contribution < 1.29 is 0 Å². The molecule has 0 N–H and O–H groups in total. The molecule has 0 bridgehead atoms. The molecule has 3 aromatic carbocycles. The number of aryl methyl sites for hydroxylation is 2. The van der Waals surface area contributed by atoms with Crippen LogP contribution in [0.3, 0.4) is 0 Å². The molecule has 1 heterocycles. The minimum atomic E-state index is 1.20.